The number of nitrogens with one attached hydrogen (secondary N) is 1. The third kappa shape index (κ3) is 4.37. The molecule has 0 bridgehead atoms. The quantitative estimate of drug-likeness (QED) is 0.831. The number of amides is 2. The molecule has 4 nitrogen and oxygen atoms in total. The molecule has 0 spiro atoms. The van der Waals surface area contributed by atoms with Crippen molar-refractivity contribution in [1.82, 2.24) is 10.2 Å². The van der Waals surface area contributed by atoms with Gasteiger partial charge in [0.2, 0.25) is 11.8 Å². The minimum Gasteiger partial charge on any atom is -0.357 e. The molecule has 0 fully saturated rings. The Kier molecular flexibility index (Phi) is 6.77. The molecular formula is C16H24N2O2. The lowest BCUT2D eigenvalue weighted by molar-refractivity contribution is -0.141. The molecule has 0 aliphatic heterocycles. The van der Waals surface area contributed by atoms with E-state index < -0.39 is 6.04 Å². The number of likely N-dealkylation sites (N-methyl/N-ethyl adjacent to an activating group) is 1. The molecular weight excluding hydrogens is 252 g/mol. The van der Waals surface area contributed by atoms with E-state index in [0.29, 0.717) is 19.4 Å². The van der Waals surface area contributed by atoms with Crippen molar-refractivity contribution >= 4 is 11.8 Å². The molecule has 0 radical (unpaired) electrons. The predicted octanol–water partition coefficient (Wildman–Crippen LogP) is 2.34. The summed E-state index contributed by atoms with van der Waals surface area (Å²) in [7, 11) is 1.61. The van der Waals surface area contributed by atoms with Crippen molar-refractivity contribution in [3.63, 3.8) is 0 Å². The summed E-state index contributed by atoms with van der Waals surface area (Å²) in [5, 5.41) is 2.65. The normalized spacial score (nSPS) is 11.8. The molecule has 0 saturated carbocycles. The van der Waals surface area contributed by atoms with Gasteiger partial charge >= 0.3 is 0 Å². The van der Waals surface area contributed by atoms with Crippen LogP contribution in [-0.4, -0.2) is 29.8 Å². The third-order valence-electron chi connectivity index (χ3n) is 3.29. The SMILES string of the molecule is CCCC(=O)N(Cc1ccccc1)C(CC)C(=O)NC. The summed E-state index contributed by atoms with van der Waals surface area (Å²) in [4.78, 5) is 26.0. The summed E-state index contributed by atoms with van der Waals surface area (Å²) in [5.74, 6) is -0.0697. The van der Waals surface area contributed by atoms with Crippen LogP contribution in [0, 0.1) is 0 Å². The average molecular weight is 276 g/mol. The summed E-state index contributed by atoms with van der Waals surface area (Å²) >= 11 is 0. The van der Waals surface area contributed by atoms with E-state index in [1.807, 2.05) is 44.2 Å². The first-order chi connectivity index (χ1) is 9.63. The number of hydrogen-bond acceptors (Lipinski definition) is 2. The van der Waals surface area contributed by atoms with Gasteiger partial charge in [-0.1, -0.05) is 44.2 Å². The highest BCUT2D eigenvalue weighted by Gasteiger charge is 2.27. The molecule has 1 N–H and O–H groups in total. The number of hydrogen-bond donors (Lipinski definition) is 1. The maximum Gasteiger partial charge on any atom is 0.242 e. The van der Waals surface area contributed by atoms with E-state index in [2.05, 4.69) is 5.32 Å². The van der Waals surface area contributed by atoms with Crippen LogP contribution in [-0.2, 0) is 16.1 Å². The molecule has 0 heterocycles. The van der Waals surface area contributed by atoms with Crippen LogP contribution in [0.2, 0.25) is 0 Å². The van der Waals surface area contributed by atoms with Gasteiger partial charge in [-0.15, -0.1) is 0 Å². The molecule has 1 aromatic rings. The number of carbonyl (C=O) groups is 2. The first-order valence-corrected chi connectivity index (χ1v) is 7.19. The van der Waals surface area contributed by atoms with Gasteiger partial charge in [-0.3, -0.25) is 9.59 Å². The zero-order valence-corrected chi connectivity index (χ0v) is 12.6. The minimum absolute atomic E-state index is 0.0341. The Morgan fingerprint density at radius 2 is 1.85 bits per heavy atom. The lowest BCUT2D eigenvalue weighted by Crippen LogP contribution is -2.48. The molecule has 1 aromatic carbocycles. The van der Waals surface area contributed by atoms with Gasteiger partial charge in [0.15, 0.2) is 0 Å². The van der Waals surface area contributed by atoms with Crippen molar-refractivity contribution in [1.29, 1.82) is 0 Å². The predicted molar refractivity (Wildman–Crippen MR) is 80.0 cm³/mol. The van der Waals surface area contributed by atoms with Crippen molar-refractivity contribution in [3.8, 4) is 0 Å². The molecule has 2 amide bonds. The van der Waals surface area contributed by atoms with E-state index in [-0.39, 0.29) is 11.8 Å². The van der Waals surface area contributed by atoms with Crippen LogP contribution in [0.15, 0.2) is 30.3 Å². The van der Waals surface area contributed by atoms with Crippen LogP contribution in [0.25, 0.3) is 0 Å². The molecule has 0 aliphatic rings. The minimum atomic E-state index is -0.403. The van der Waals surface area contributed by atoms with Gasteiger partial charge in [0.05, 0.1) is 0 Å². The summed E-state index contributed by atoms with van der Waals surface area (Å²) in [6, 6.07) is 9.37. The smallest absolute Gasteiger partial charge is 0.242 e. The second-order valence-corrected chi connectivity index (χ2v) is 4.80. The highest BCUT2D eigenvalue weighted by molar-refractivity contribution is 5.87. The van der Waals surface area contributed by atoms with E-state index in [0.717, 1.165) is 12.0 Å². The standard InChI is InChI=1S/C16H24N2O2/c1-4-9-15(19)18(14(5-2)16(20)17-3)12-13-10-7-6-8-11-13/h6-8,10-11,14H,4-5,9,12H2,1-3H3,(H,17,20). The number of nitrogens with zero attached hydrogens (tertiary/aromatic N) is 1. The van der Waals surface area contributed by atoms with Crippen LogP contribution in [0.4, 0.5) is 0 Å². The highest BCUT2D eigenvalue weighted by Crippen LogP contribution is 2.13. The summed E-state index contributed by atoms with van der Waals surface area (Å²) in [5.41, 5.74) is 1.04. The zero-order valence-electron chi connectivity index (χ0n) is 12.6. The Morgan fingerprint density at radius 3 is 2.35 bits per heavy atom. The molecule has 0 saturated heterocycles. The van der Waals surface area contributed by atoms with Crippen LogP contribution in [0.5, 0.6) is 0 Å². The van der Waals surface area contributed by atoms with Gasteiger partial charge in [0.25, 0.3) is 0 Å². The summed E-state index contributed by atoms with van der Waals surface area (Å²) < 4.78 is 0. The maximum atomic E-state index is 12.3. The van der Waals surface area contributed by atoms with Crippen LogP contribution in [0.3, 0.4) is 0 Å². The fraction of sp³-hybridized carbons (Fsp3) is 0.500. The third-order valence-corrected chi connectivity index (χ3v) is 3.29. The maximum absolute atomic E-state index is 12.3. The van der Waals surface area contributed by atoms with E-state index in [1.165, 1.54) is 0 Å². The van der Waals surface area contributed by atoms with Gasteiger partial charge in [-0.25, -0.2) is 0 Å². The number of benzene rings is 1. The van der Waals surface area contributed by atoms with Crippen molar-refractivity contribution in [3.05, 3.63) is 35.9 Å². The van der Waals surface area contributed by atoms with E-state index in [9.17, 15) is 9.59 Å². The van der Waals surface area contributed by atoms with E-state index in [4.69, 9.17) is 0 Å². The molecule has 0 aliphatic carbocycles. The zero-order chi connectivity index (χ0) is 15.0. The topological polar surface area (TPSA) is 49.4 Å². The van der Waals surface area contributed by atoms with Crippen molar-refractivity contribution in [2.75, 3.05) is 7.05 Å². The summed E-state index contributed by atoms with van der Waals surface area (Å²) in [6.07, 6.45) is 1.87. The van der Waals surface area contributed by atoms with Gasteiger partial charge in [-0.2, -0.15) is 0 Å². The average Bonchev–Trinajstić information content (AvgIpc) is 2.48. The highest BCUT2D eigenvalue weighted by atomic mass is 16.2. The molecule has 20 heavy (non-hydrogen) atoms. The fourth-order valence-corrected chi connectivity index (χ4v) is 2.22. The van der Waals surface area contributed by atoms with Crippen LogP contribution >= 0.6 is 0 Å². The van der Waals surface area contributed by atoms with Crippen LogP contribution < -0.4 is 5.32 Å². The van der Waals surface area contributed by atoms with E-state index in [1.54, 1.807) is 11.9 Å². The van der Waals surface area contributed by atoms with Crippen molar-refractivity contribution in [2.45, 2.75) is 45.7 Å². The molecule has 1 unspecified atom stereocenters. The largest absolute Gasteiger partial charge is 0.357 e. The van der Waals surface area contributed by atoms with Crippen molar-refractivity contribution < 1.29 is 9.59 Å². The fourth-order valence-electron chi connectivity index (χ4n) is 2.22. The van der Waals surface area contributed by atoms with E-state index >= 15 is 0 Å². The van der Waals surface area contributed by atoms with Crippen LogP contribution in [0.1, 0.15) is 38.7 Å². The van der Waals surface area contributed by atoms with Crippen molar-refractivity contribution in [2.24, 2.45) is 0 Å². The Balaban J connectivity index is 2.94. The van der Waals surface area contributed by atoms with Gasteiger partial charge in [0, 0.05) is 20.0 Å². The monoisotopic (exact) mass is 276 g/mol. The summed E-state index contributed by atoms with van der Waals surface area (Å²) in [6.45, 7) is 4.38. The Morgan fingerprint density at radius 1 is 1.20 bits per heavy atom. The van der Waals surface area contributed by atoms with Gasteiger partial charge < -0.3 is 10.2 Å². The number of rotatable bonds is 7. The lowest BCUT2D eigenvalue weighted by atomic mass is 10.1. The Labute approximate surface area is 121 Å². The molecule has 0 aromatic heterocycles. The lowest BCUT2D eigenvalue weighted by Gasteiger charge is -2.30. The Hall–Kier alpha value is -1.84. The molecule has 1 rings (SSSR count). The first kappa shape index (κ1) is 16.2. The second-order valence-electron chi connectivity index (χ2n) is 4.80. The first-order valence-electron chi connectivity index (χ1n) is 7.19. The second kappa shape index (κ2) is 8.35. The molecule has 4 heteroatoms. The Bertz CT molecular complexity index is 431. The van der Waals surface area contributed by atoms with Gasteiger partial charge in [0.1, 0.15) is 6.04 Å². The molecule has 110 valence electrons. The molecule has 1 atom stereocenters. The van der Waals surface area contributed by atoms with Gasteiger partial charge in [-0.05, 0) is 18.4 Å². The number of carbonyl (C=O) groups excluding carboxylic acids is 2.